The molecule has 0 radical (unpaired) electrons. The van der Waals surface area contributed by atoms with Crippen LogP contribution in [0.5, 0.6) is 5.75 Å². The first-order chi connectivity index (χ1) is 12.3. The van der Waals surface area contributed by atoms with E-state index in [-0.39, 0.29) is 28.4 Å². The van der Waals surface area contributed by atoms with Crippen molar-refractivity contribution in [1.82, 2.24) is 0 Å². The third-order valence-electron chi connectivity index (χ3n) is 3.76. The van der Waals surface area contributed by atoms with Gasteiger partial charge < -0.3 is 4.74 Å². The fourth-order valence-corrected chi connectivity index (χ4v) is 4.02. The molecule has 0 aliphatic carbocycles. The van der Waals surface area contributed by atoms with Gasteiger partial charge >= 0.3 is 0 Å². The van der Waals surface area contributed by atoms with E-state index >= 15 is 0 Å². The molecule has 0 saturated carbocycles. The molecule has 0 aromatic heterocycles. The second-order valence-corrected chi connectivity index (χ2v) is 7.27. The molecule has 0 saturated heterocycles. The Morgan fingerprint density at radius 3 is 2.42 bits per heavy atom. The van der Waals surface area contributed by atoms with Crippen LogP contribution in [-0.2, 0) is 10.0 Å². The molecular formula is C18H20N2O5S. The van der Waals surface area contributed by atoms with Gasteiger partial charge in [-0.2, -0.15) is 0 Å². The molecule has 7 nitrogen and oxygen atoms in total. The zero-order valence-electron chi connectivity index (χ0n) is 14.6. The van der Waals surface area contributed by atoms with Gasteiger partial charge in [0.1, 0.15) is 5.75 Å². The van der Waals surface area contributed by atoms with Gasteiger partial charge in [-0.25, -0.2) is 8.42 Å². The van der Waals surface area contributed by atoms with Crippen molar-refractivity contribution in [2.24, 2.45) is 0 Å². The van der Waals surface area contributed by atoms with Crippen LogP contribution in [-0.4, -0.2) is 26.5 Å². The summed E-state index contributed by atoms with van der Waals surface area (Å²) in [4.78, 5) is 10.7. The Balaban J connectivity index is 2.54. The molecule has 8 heteroatoms. The summed E-state index contributed by atoms with van der Waals surface area (Å²) in [7, 11) is -3.93. The first kappa shape index (κ1) is 19.5. The minimum atomic E-state index is -3.93. The van der Waals surface area contributed by atoms with Gasteiger partial charge in [-0.15, -0.1) is 6.58 Å². The summed E-state index contributed by atoms with van der Waals surface area (Å²) in [6.07, 6.45) is 1.43. The number of sulfonamides is 1. The number of hydrogen-bond donors (Lipinski definition) is 0. The van der Waals surface area contributed by atoms with Gasteiger partial charge in [-0.1, -0.05) is 12.1 Å². The van der Waals surface area contributed by atoms with E-state index in [1.807, 2.05) is 6.92 Å². The van der Waals surface area contributed by atoms with Crippen LogP contribution in [0.3, 0.4) is 0 Å². The summed E-state index contributed by atoms with van der Waals surface area (Å²) < 4.78 is 32.6. The molecular weight excluding hydrogens is 356 g/mol. The average Bonchev–Trinajstić information content (AvgIpc) is 2.60. The first-order valence-corrected chi connectivity index (χ1v) is 9.37. The Kier molecular flexibility index (Phi) is 5.99. The smallest absolute Gasteiger partial charge is 0.274 e. The minimum Gasteiger partial charge on any atom is -0.494 e. The third-order valence-corrected chi connectivity index (χ3v) is 5.55. The van der Waals surface area contributed by atoms with Crippen molar-refractivity contribution in [2.75, 3.05) is 17.5 Å². The van der Waals surface area contributed by atoms with Crippen molar-refractivity contribution >= 4 is 21.4 Å². The van der Waals surface area contributed by atoms with Crippen molar-refractivity contribution in [3.8, 4) is 5.75 Å². The number of nitro groups is 1. The molecule has 2 aromatic carbocycles. The molecule has 0 aliphatic rings. The van der Waals surface area contributed by atoms with E-state index in [1.165, 1.54) is 43.3 Å². The summed E-state index contributed by atoms with van der Waals surface area (Å²) in [6.45, 7) is 7.42. The van der Waals surface area contributed by atoms with Gasteiger partial charge in [0.05, 0.1) is 34.2 Å². The number of ether oxygens (including phenoxy) is 1. The van der Waals surface area contributed by atoms with Gasteiger partial charge in [0.25, 0.3) is 15.7 Å². The van der Waals surface area contributed by atoms with Crippen LogP contribution < -0.4 is 9.04 Å². The first-order valence-electron chi connectivity index (χ1n) is 7.93. The largest absolute Gasteiger partial charge is 0.494 e. The zero-order valence-corrected chi connectivity index (χ0v) is 15.4. The van der Waals surface area contributed by atoms with E-state index in [0.29, 0.717) is 12.4 Å². The van der Waals surface area contributed by atoms with Crippen LogP contribution in [0.2, 0.25) is 0 Å². The molecule has 0 unspecified atom stereocenters. The molecule has 0 bridgehead atoms. The topological polar surface area (TPSA) is 89.8 Å². The maximum Gasteiger partial charge on any atom is 0.274 e. The second kappa shape index (κ2) is 8.01. The molecule has 138 valence electrons. The fourth-order valence-electron chi connectivity index (χ4n) is 2.52. The molecule has 0 N–H and O–H groups in total. The molecule has 0 atom stereocenters. The minimum absolute atomic E-state index is 0.0163. The normalized spacial score (nSPS) is 11.0. The lowest BCUT2D eigenvalue weighted by Crippen LogP contribution is -2.31. The van der Waals surface area contributed by atoms with Crippen molar-refractivity contribution in [1.29, 1.82) is 0 Å². The van der Waals surface area contributed by atoms with Crippen molar-refractivity contribution in [3.63, 3.8) is 0 Å². The molecule has 0 fully saturated rings. The van der Waals surface area contributed by atoms with Gasteiger partial charge in [0.15, 0.2) is 0 Å². The number of rotatable bonds is 8. The predicted molar refractivity (Wildman–Crippen MR) is 100 cm³/mol. The highest BCUT2D eigenvalue weighted by molar-refractivity contribution is 7.92. The van der Waals surface area contributed by atoms with Crippen LogP contribution in [0, 0.1) is 17.0 Å². The van der Waals surface area contributed by atoms with Crippen LogP contribution >= 0.6 is 0 Å². The van der Waals surface area contributed by atoms with E-state index in [0.717, 1.165) is 4.31 Å². The van der Waals surface area contributed by atoms with Crippen LogP contribution in [0.15, 0.2) is 60.0 Å². The summed E-state index contributed by atoms with van der Waals surface area (Å²) in [5.74, 6) is 0.563. The van der Waals surface area contributed by atoms with E-state index in [9.17, 15) is 18.5 Å². The highest BCUT2D eigenvalue weighted by Gasteiger charge is 2.27. The van der Waals surface area contributed by atoms with Gasteiger partial charge in [0, 0.05) is 6.07 Å². The SMILES string of the molecule is C=CCN(c1cccc([N+](=O)[O-])c1C)S(=O)(=O)c1ccc(OCC)cc1. The average molecular weight is 376 g/mol. The van der Waals surface area contributed by atoms with Crippen LogP contribution in [0.4, 0.5) is 11.4 Å². The fraction of sp³-hybridized carbons (Fsp3) is 0.222. The highest BCUT2D eigenvalue weighted by atomic mass is 32.2. The molecule has 26 heavy (non-hydrogen) atoms. The van der Waals surface area contributed by atoms with Crippen molar-refractivity contribution < 1.29 is 18.1 Å². The van der Waals surface area contributed by atoms with Gasteiger partial charge in [0.2, 0.25) is 0 Å². The van der Waals surface area contributed by atoms with Crippen molar-refractivity contribution in [3.05, 3.63) is 70.8 Å². The number of anilines is 1. The summed E-state index contributed by atoms with van der Waals surface area (Å²) >= 11 is 0. The molecule has 2 rings (SSSR count). The van der Waals surface area contributed by atoms with Crippen LogP contribution in [0.1, 0.15) is 12.5 Å². The van der Waals surface area contributed by atoms with Crippen LogP contribution in [0.25, 0.3) is 0 Å². The molecule has 0 spiro atoms. The maximum absolute atomic E-state index is 13.1. The molecule has 0 heterocycles. The lowest BCUT2D eigenvalue weighted by molar-refractivity contribution is -0.385. The third kappa shape index (κ3) is 3.85. The highest BCUT2D eigenvalue weighted by Crippen LogP contribution is 2.32. The Morgan fingerprint density at radius 1 is 1.23 bits per heavy atom. The number of nitrogens with zero attached hydrogens (tertiary/aromatic N) is 2. The Hall–Kier alpha value is -2.87. The Bertz CT molecular complexity index is 908. The van der Waals surface area contributed by atoms with Crippen molar-refractivity contribution in [2.45, 2.75) is 18.7 Å². The Morgan fingerprint density at radius 2 is 1.88 bits per heavy atom. The summed E-state index contributed by atoms with van der Waals surface area (Å²) in [5, 5.41) is 11.2. The summed E-state index contributed by atoms with van der Waals surface area (Å²) in [5.41, 5.74) is 0.375. The van der Waals surface area contributed by atoms with Gasteiger partial charge in [-0.05, 0) is 44.2 Å². The lowest BCUT2D eigenvalue weighted by Gasteiger charge is -2.24. The zero-order chi connectivity index (χ0) is 19.3. The maximum atomic E-state index is 13.1. The van der Waals surface area contributed by atoms with E-state index in [4.69, 9.17) is 4.74 Å². The standard InChI is InChI=1S/C18H20N2O5S/c1-4-13-19(17-7-6-8-18(14(17)3)20(21)22)26(23,24)16-11-9-15(10-12-16)25-5-2/h4,6-12H,1,5,13H2,2-3H3. The second-order valence-electron chi connectivity index (χ2n) is 5.41. The molecule has 0 amide bonds. The quantitative estimate of drug-likeness (QED) is 0.398. The van der Waals surface area contributed by atoms with E-state index < -0.39 is 14.9 Å². The molecule has 0 aliphatic heterocycles. The lowest BCUT2D eigenvalue weighted by atomic mass is 10.1. The monoisotopic (exact) mass is 376 g/mol. The van der Waals surface area contributed by atoms with E-state index in [1.54, 1.807) is 12.1 Å². The number of benzene rings is 2. The van der Waals surface area contributed by atoms with Gasteiger partial charge in [-0.3, -0.25) is 14.4 Å². The van der Waals surface area contributed by atoms with E-state index in [2.05, 4.69) is 6.58 Å². The predicted octanol–water partition coefficient (Wildman–Crippen LogP) is 3.68. The number of hydrogen-bond acceptors (Lipinski definition) is 5. The number of nitro benzene ring substituents is 1. The summed E-state index contributed by atoms with van der Waals surface area (Å²) in [6, 6.07) is 10.4. The Labute approximate surface area is 152 Å². The molecule has 2 aromatic rings.